The molecule has 0 bridgehead atoms. The van der Waals surface area contributed by atoms with Crippen molar-refractivity contribution in [2.75, 3.05) is 6.61 Å². The zero-order chi connectivity index (χ0) is 21.2. The number of nitrogens with zero attached hydrogens (tertiary/aromatic N) is 3. The number of nitro groups is 1. The number of pyridine rings is 1. The number of amides is 1. The fraction of sp³-hybridized carbons (Fsp3) is 0.0455. The van der Waals surface area contributed by atoms with Crippen LogP contribution < -0.4 is 10.2 Å². The number of nitrogens with one attached hydrogen (secondary N) is 1. The minimum atomic E-state index is -0.442. The number of carbonyl (C=O) groups is 1. The highest BCUT2D eigenvalue weighted by Gasteiger charge is 2.05. The lowest BCUT2D eigenvalue weighted by Crippen LogP contribution is -2.24. The van der Waals surface area contributed by atoms with E-state index < -0.39 is 10.8 Å². The molecule has 0 spiro atoms. The number of carbonyl (C=O) groups excluding carboxylic acids is 1. The summed E-state index contributed by atoms with van der Waals surface area (Å²) in [6, 6.07) is 17.0. The molecule has 0 saturated carbocycles. The molecule has 0 saturated heterocycles. The fourth-order valence-corrected chi connectivity index (χ4v) is 2.45. The topological polar surface area (TPSA) is 107 Å². The summed E-state index contributed by atoms with van der Waals surface area (Å²) in [7, 11) is 0. The van der Waals surface area contributed by atoms with Gasteiger partial charge < -0.3 is 4.74 Å². The van der Waals surface area contributed by atoms with E-state index in [1.165, 1.54) is 18.3 Å². The highest BCUT2D eigenvalue weighted by molar-refractivity contribution is 5.82. The second-order valence-electron chi connectivity index (χ2n) is 6.08. The maximum absolute atomic E-state index is 11.9. The van der Waals surface area contributed by atoms with Crippen LogP contribution in [0, 0.1) is 10.1 Å². The molecule has 2 aromatic carbocycles. The number of rotatable bonds is 8. The average Bonchev–Trinajstić information content (AvgIpc) is 2.78. The van der Waals surface area contributed by atoms with Gasteiger partial charge >= 0.3 is 0 Å². The Morgan fingerprint density at radius 2 is 1.77 bits per heavy atom. The smallest absolute Gasteiger partial charge is 0.277 e. The molecule has 150 valence electrons. The Balaban J connectivity index is 1.57. The third-order valence-electron chi connectivity index (χ3n) is 3.95. The lowest BCUT2D eigenvalue weighted by molar-refractivity contribution is -0.384. The van der Waals surface area contributed by atoms with Crippen molar-refractivity contribution < 1.29 is 14.5 Å². The van der Waals surface area contributed by atoms with Gasteiger partial charge in [0.2, 0.25) is 0 Å². The zero-order valence-electron chi connectivity index (χ0n) is 15.8. The van der Waals surface area contributed by atoms with Crippen LogP contribution in [-0.4, -0.2) is 28.6 Å². The molecule has 3 rings (SSSR count). The highest BCUT2D eigenvalue weighted by Crippen LogP contribution is 2.21. The SMILES string of the molecule is O=C(COc1ccccc1/C=C/c1ccc([N+](=O)[O-])cc1)N/N=C/c1ccncc1. The Morgan fingerprint density at radius 3 is 2.50 bits per heavy atom. The molecule has 0 fully saturated rings. The Kier molecular flexibility index (Phi) is 6.99. The molecule has 0 aliphatic carbocycles. The van der Waals surface area contributed by atoms with E-state index in [2.05, 4.69) is 15.5 Å². The minimum absolute atomic E-state index is 0.0356. The van der Waals surface area contributed by atoms with Crippen LogP contribution in [0.5, 0.6) is 5.75 Å². The van der Waals surface area contributed by atoms with Crippen LogP contribution in [0.4, 0.5) is 5.69 Å². The molecule has 30 heavy (non-hydrogen) atoms. The van der Waals surface area contributed by atoms with Crippen LogP contribution in [-0.2, 0) is 4.79 Å². The first kappa shape index (κ1) is 20.4. The van der Waals surface area contributed by atoms with Gasteiger partial charge in [-0.2, -0.15) is 5.10 Å². The monoisotopic (exact) mass is 402 g/mol. The first-order valence-electron chi connectivity index (χ1n) is 8.98. The molecule has 3 aromatic rings. The quantitative estimate of drug-likeness (QED) is 0.268. The summed E-state index contributed by atoms with van der Waals surface area (Å²) < 4.78 is 5.60. The van der Waals surface area contributed by atoms with E-state index >= 15 is 0 Å². The predicted molar refractivity (Wildman–Crippen MR) is 114 cm³/mol. The van der Waals surface area contributed by atoms with E-state index in [9.17, 15) is 14.9 Å². The summed E-state index contributed by atoms with van der Waals surface area (Å²) >= 11 is 0. The van der Waals surface area contributed by atoms with Crippen molar-refractivity contribution >= 4 is 30.0 Å². The maximum Gasteiger partial charge on any atom is 0.277 e. The molecule has 1 heterocycles. The van der Waals surface area contributed by atoms with Gasteiger partial charge in [0.1, 0.15) is 5.75 Å². The summed E-state index contributed by atoms with van der Waals surface area (Å²) in [5.74, 6) is 0.137. The van der Waals surface area contributed by atoms with Crippen molar-refractivity contribution in [1.82, 2.24) is 10.4 Å². The third-order valence-corrected chi connectivity index (χ3v) is 3.95. The van der Waals surface area contributed by atoms with E-state index in [0.717, 1.165) is 16.7 Å². The van der Waals surface area contributed by atoms with Gasteiger partial charge in [0.25, 0.3) is 11.6 Å². The number of ether oxygens (including phenoxy) is 1. The molecule has 1 aromatic heterocycles. The number of nitro benzene ring substituents is 1. The van der Waals surface area contributed by atoms with Gasteiger partial charge in [-0.15, -0.1) is 0 Å². The van der Waals surface area contributed by atoms with Crippen LogP contribution in [0.2, 0.25) is 0 Å². The Hall–Kier alpha value is -4.33. The van der Waals surface area contributed by atoms with Crippen LogP contribution in [0.25, 0.3) is 12.2 Å². The lowest BCUT2D eigenvalue weighted by Gasteiger charge is -2.08. The molecular formula is C22H18N4O4. The van der Waals surface area contributed by atoms with Gasteiger partial charge in [0.05, 0.1) is 11.1 Å². The van der Waals surface area contributed by atoms with Gasteiger partial charge in [-0.05, 0) is 41.5 Å². The highest BCUT2D eigenvalue weighted by atomic mass is 16.6. The van der Waals surface area contributed by atoms with Crippen LogP contribution in [0.1, 0.15) is 16.7 Å². The summed E-state index contributed by atoms with van der Waals surface area (Å²) in [4.78, 5) is 26.1. The first-order valence-corrected chi connectivity index (χ1v) is 8.98. The van der Waals surface area contributed by atoms with Gasteiger partial charge in [0.15, 0.2) is 6.61 Å². The van der Waals surface area contributed by atoms with Crippen molar-refractivity contribution in [3.05, 3.63) is 99.9 Å². The van der Waals surface area contributed by atoms with E-state index in [1.807, 2.05) is 24.3 Å². The van der Waals surface area contributed by atoms with Gasteiger partial charge in [0, 0.05) is 30.1 Å². The Morgan fingerprint density at radius 1 is 1.03 bits per heavy atom. The second-order valence-corrected chi connectivity index (χ2v) is 6.08. The molecule has 0 atom stereocenters. The van der Waals surface area contributed by atoms with Gasteiger partial charge in [-0.25, -0.2) is 5.43 Å². The molecule has 1 N–H and O–H groups in total. The lowest BCUT2D eigenvalue weighted by atomic mass is 10.1. The van der Waals surface area contributed by atoms with Crippen molar-refractivity contribution in [1.29, 1.82) is 0 Å². The normalized spacial score (nSPS) is 10.9. The van der Waals surface area contributed by atoms with Crippen LogP contribution in [0.3, 0.4) is 0 Å². The number of benzene rings is 2. The number of non-ortho nitro benzene ring substituents is 1. The molecule has 0 unspecified atom stereocenters. The van der Waals surface area contributed by atoms with E-state index in [1.54, 1.807) is 48.8 Å². The Labute approximate surface area is 172 Å². The standard InChI is InChI=1S/C22H18N4O4/c27-22(25-24-15-18-11-13-23-14-12-18)16-30-21-4-2-1-3-19(21)8-5-17-6-9-20(10-7-17)26(28)29/h1-15H,16H2,(H,25,27)/b8-5+,24-15+. The molecule has 1 amide bonds. The van der Waals surface area contributed by atoms with E-state index in [0.29, 0.717) is 5.75 Å². The maximum atomic E-state index is 11.9. The number of aromatic nitrogens is 1. The minimum Gasteiger partial charge on any atom is -0.483 e. The van der Waals surface area contributed by atoms with Crippen LogP contribution in [0.15, 0.2) is 78.2 Å². The summed E-state index contributed by atoms with van der Waals surface area (Å²) in [5.41, 5.74) is 4.83. The van der Waals surface area contributed by atoms with E-state index in [4.69, 9.17) is 4.74 Å². The Bertz CT molecular complexity index is 1060. The third kappa shape index (κ3) is 6.10. The summed E-state index contributed by atoms with van der Waals surface area (Å²) in [6.07, 6.45) is 8.41. The van der Waals surface area contributed by atoms with Crippen molar-refractivity contribution in [3.63, 3.8) is 0 Å². The summed E-state index contributed by atoms with van der Waals surface area (Å²) in [5, 5.41) is 14.6. The van der Waals surface area contributed by atoms with Crippen molar-refractivity contribution in [3.8, 4) is 5.75 Å². The van der Waals surface area contributed by atoms with Gasteiger partial charge in [-0.3, -0.25) is 19.9 Å². The molecule has 0 radical (unpaired) electrons. The molecular weight excluding hydrogens is 384 g/mol. The fourth-order valence-electron chi connectivity index (χ4n) is 2.45. The number of hydrogen-bond acceptors (Lipinski definition) is 6. The molecule has 0 aliphatic rings. The first-order chi connectivity index (χ1) is 14.6. The number of hydrogen-bond donors (Lipinski definition) is 1. The zero-order valence-corrected chi connectivity index (χ0v) is 15.8. The van der Waals surface area contributed by atoms with Crippen molar-refractivity contribution in [2.45, 2.75) is 0 Å². The largest absolute Gasteiger partial charge is 0.483 e. The molecule has 8 nitrogen and oxygen atoms in total. The van der Waals surface area contributed by atoms with E-state index in [-0.39, 0.29) is 12.3 Å². The van der Waals surface area contributed by atoms with Gasteiger partial charge in [-0.1, -0.05) is 30.4 Å². The molecule has 8 heteroatoms. The number of hydrazone groups is 1. The second kappa shape index (κ2) is 10.3. The van der Waals surface area contributed by atoms with Crippen LogP contribution >= 0.6 is 0 Å². The summed E-state index contributed by atoms with van der Waals surface area (Å²) in [6.45, 7) is -0.198. The van der Waals surface area contributed by atoms with Crippen molar-refractivity contribution in [2.24, 2.45) is 5.10 Å². The average molecular weight is 402 g/mol. The predicted octanol–water partition coefficient (Wildman–Crippen LogP) is 3.69. The molecule has 0 aliphatic heterocycles. The number of para-hydroxylation sites is 1.